The lowest BCUT2D eigenvalue weighted by Crippen LogP contribution is -2.16. The smallest absolute Gasteiger partial charge is 0.307 e. The molecule has 0 saturated carbocycles. The van der Waals surface area contributed by atoms with Crippen molar-refractivity contribution in [2.45, 2.75) is 20.4 Å². The maximum absolute atomic E-state index is 12.0. The van der Waals surface area contributed by atoms with Gasteiger partial charge in [0.15, 0.2) is 5.76 Å². The van der Waals surface area contributed by atoms with Crippen molar-refractivity contribution in [3.05, 3.63) is 71.8 Å². The summed E-state index contributed by atoms with van der Waals surface area (Å²) in [6.45, 7) is 8.35. The van der Waals surface area contributed by atoms with Gasteiger partial charge in [0.2, 0.25) is 0 Å². The van der Waals surface area contributed by atoms with E-state index in [1.165, 1.54) is 0 Å². The van der Waals surface area contributed by atoms with Gasteiger partial charge in [0.25, 0.3) is 0 Å². The molecule has 1 amide bonds. The van der Waals surface area contributed by atoms with Crippen LogP contribution in [0.15, 0.2) is 58.6 Å². The van der Waals surface area contributed by atoms with Crippen molar-refractivity contribution in [3.63, 3.8) is 0 Å². The molecule has 0 bridgehead atoms. The van der Waals surface area contributed by atoms with E-state index in [2.05, 4.69) is 27.7 Å². The highest BCUT2D eigenvalue weighted by molar-refractivity contribution is 6.01. The topological polar surface area (TPSA) is 59.5 Å². The number of para-hydroxylation sites is 1. The lowest BCUT2D eigenvalue weighted by atomic mass is 10.1. The first-order chi connectivity index (χ1) is 11.6. The fourth-order valence-corrected chi connectivity index (χ4v) is 2.75. The molecule has 5 heteroatoms. The van der Waals surface area contributed by atoms with Gasteiger partial charge in [-0.1, -0.05) is 24.3 Å². The largest absolute Gasteiger partial charge is 0.456 e. The van der Waals surface area contributed by atoms with Crippen LogP contribution in [0.2, 0.25) is 0 Å². The van der Waals surface area contributed by atoms with Gasteiger partial charge >= 0.3 is 5.91 Å². The van der Waals surface area contributed by atoms with E-state index in [9.17, 15) is 4.79 Å². The van der Waals surface area contributed by atoms with Gasteiger partial charge < -0.3 is 8.98 Å². The maximum Gasteiger partial charge on any atom is 0.307 e. The number of nitrogens with one attached hydrogen (secondary N) is 1. The second-order valence-corrected chi connectivity index (χ2v) is 5.52. The third-order valence-corrected chi connectivity index (χ3v) is 3.92. The monoisotopic (exact) mass is 321 g/mol. The highest BCUT2D eigenvalue weighted by Gasteiger charge is 2.12. The summed E-state index contributed by atoms with van der Waals surface area (Å²) >= 11 is 0. The van der Waals surface area contributed by atoms with Crippen LogP contribution in [0.25, 0.3) is 10.9 Å². The summed E-state index contributed by atoms with van der Waals surface area (Å²) in [5.41, 5.74) is 5.66. The minimum Gasteiger partial charge on any atom is -0.456 e. The first-order valence-corrected chi connectivity index (χ1v) is 7.70. The van der Waals surface area contributed by atoms with Crippen LogP contribution in [0.4, 0.5) is 0 Å². The molecule has 0 saturated heterocycles. The molecule has 0 aliphatic rings. The molecule has 1 aromatic carbocycles. The van der Waals surface area contributed by atoms with E-state index in [-0.39, 0.29) is 11.7 Å². The molecule has 2 aromatic heterocycles. The number of fused-ring (bicyclic) bond motifs is 1. The average molecular weight is 321 g/mol. The summed E-state index contributed by atoms with van der Waals surface area (Å²) in [5, 5.41) is 5.17. The van der Waals surface area contributed by atoms with Gasteiger partial charge in [-0.05, 0) is 32.0 Å². The van der Waals surface area contributed by atoms with E-state index >= 15 is 0 Å². The van der Waals surface area contributed by atoms with Gasteiger partial charge in [0, 0.05) is 28.7 Å². The molecule has 122 valence electrons. The Morgan fingerprint density at radius 3 is 2.79 bits per heavy atom. The van der Waals surface area contributed by atoms with E-state index in [1.807, 2.05) is 31.2 Å². The summed E-state index contributed by atoms with van der Waals surface area (Å²) in [7, 11) is 0. The minimum atomic E-state index is -0.369. The number of hydrogen-bond donors (Lipinski definition) is 1. The standard InChI is InChI=1S/C19H19N3O2/c1-4-11-22-14(3)16(15-7-5-6-8-17(15)22)12-20-21-19(23)18-10-9-13(2)24-18/h4-10,12H,1,11H2,2-3H3,(H,21,23)/b20-12+. The van der Waals surface area contributed by atoms with Crippen LogP contribution in [0, 0.1) is 13.8 Å². The highest BCUT2D eigenvalue weighted by Crippen LogP contribution is 2.24. The van der Waals surface area contributed by atoms with Crippen molar-refractivity contribution >= 4 is 23.0 Å². The van der Waals surface area contributed by atoms with Crippen molar-refractivity contribution in [3.8, 4) is 0 Å². The maximum atomic E-state index is 12.0. The summed E-state index contributed by atoms with van der Waals surface area (Å²) in [6, 6.07) is 11.5. The molecule has 3 aromatic rings. The van der Waals surface area contributed by atoms with E-state index in [1.54, 1.807) is 25.3 Å². The SMILES string of the molecule is C=CCn1c(C)c(/C=N/NC(=O)c2ccc(C)o2)c2ccccc21. The number of allylic oxidation sites excluding steroid dienone is 1. The molecule has 0 spiro atoms. The molecule has 3 rings (SSSR count). The van der Waals surface area contributed by atoms with Crippen LogP contribution >= 0.6 is 0 Å². The molecule has 1 N–H and O–H groups in total. The van der Waals surface area contributed by atoms with Gasteiger partial charge in [-0.15, -0.1) is 6.58 Å². The number of hydrazone groups is 1. The molecule has 0 aliphatic carbocycles. The number of aromatic nitrogens is 1. The normalized spacial score (nSPS) is 11.2. The minimum absolute atomic E-state index is 0.246. The van der Waals surface area contributed by atoms with Crippen LogP contribution in [-0.4, -0.2) is 16.7 Å². The zero-order valence-electron chi connectivity index (χ0n) is 13.7. The van der Waals surface area contributed by atoms with E-state index in [4.69, 9.17) is 4.42 Å². The number of amides is 1. The van der Waals surface area contributed by atoms with Crippen molar-refractivity contribution < 1.29 is 9.21 Å². The zero-order valence-corrected chi connectivity index (χ0v) is 13.7. The number of nitrogens with zero attached hydrogens (tertiary/aromatic N) is 2. The molecule has 0 atom stereocenters. The first kappa shape index (κ1) is 15.8. The summed E-state index contributed by atoms with van der Waals surface area (Å²) in [4.78, 5) is 12.0. The molecule has 24 heavy (non-hydrogen) atoms. The molecule has 0 radical (unpaired) electrons. The molecule has 0 unspecified atom stereocenters. The number of hydrogen-bond acceptors (Lipinski definition) is 3. The number of carbonyl (C=O) groups is 1. The average Bonchev–Trinajstić information content (AvgIpc) is 3.12. The Bertz CT molecular complexity index is 931. The Kier molecular flexibility index (Phi) is 4.33. The quantitative estimate of drug-likeness (QED) is 0.441. The summed E-state index contributed by atoms with van der Waals surface area (Å²) in [6.07, 6.45) is 3.53. The van der Waals surface area contributed by atoms with Crippen molar-refractivity contribution in [1.82, 2.24) is 9.99 Å². The van der Waals surface area contributed by atoms with E-state index < -0.39 is 0 Å². The van der Waals surface area contributed by atoms with Crippen LogP contribution in [0.1, 0.15) is 27.6 Å². The Morgan fingerprint density at radius 2 is 2.08 bits per heavy atom. The van der Waals surface area contributed by atoms with Gasteiger partial charge in [0.1, 0.15) is 5.76 Å². The zero-order chi connectivity index (χ0) is 17.1. The molecule has 2 heterocycles. The summed E-state index contributed by atoms with van der Waals surface area (Å²) in [5.74, 6) is 0.565. The van der Waals surface area contributed by atoms with E-state index in [0.717, 1.165) is 28.7 Å². The van der Waals surface area contributed by atoms with Crippen molar-refractivity contribution in [2.24, 2.45) is 5.10 Å². The molecular weight excluding hydrogens is 302 g/mol. The second-order valence-electron chi connectivity index (χ2n) is 5.52. The van der Waals surface area contributed by atoms with Crippen LogP contribution in [0.5, 0.6) is 0 Å². The van der Waals surface area contributed by atoms with Crippen LogP contribution in [0.3, 0.4) is 0 Å². The lowest BCUT2D eigenvalue weighted by molar-refractivity contribution is 0.0926. The van der Waals surface area contributed by atoms with Crippen molar-refractivity contribution in [1.29, 1.82) is 0 Å². The predicted molar refractivity (Wildman–Crippen MR) is 95.4 cm³/mol. The number of furan rings is 1. The third kappa shape index (κ3) is 2.88. The highest BCUT2D eigenvalue weighted by atomic mass is 16.3. The fraction of sp³-hybridized carbons (Fsp3) is 0.158. The van der Waals surface area contributed by atoms with Gasteiger partial charge in [-0.25, -0.2) is 5.43 Å². The molecular formula is C19H19N3O2. The molecule has 0 aliphatic heterocycles. The predicted octanol–water partition coefficient (Wildman–Crippen LogP) is 3.80. The van der Waals surface area contributed by atoms with Crippen LogP contribution in [-0.2, 0) is 6.54 Å². The number of carbonyl (C=O) groups excluding carboxylic acids is 1. The number of benzene rings is 1. The molecule has 0 fully saturated rings. The number of aryl methyl sites for hydroxylation is 1. The van der Waals surface area contributed by atoms with Gasteiger partial charge in [0.05, 0.1) is 6.21 Å². The Morgan fingerprint density at radius 1 is 1.29 bits per heavy atom. The van der Waals surface area contributed by atoms with Crippen molar-refractivity contribution in [2.75, 3.05) is 0 Å². The first-order valence-electron chi connectivity index (χ1n) is 7.70. The third-order valence-electron chi connectivity index (χ3n) is 3.92. The Hall–Kier alpha value is -3.08. The Labute approximate surface area is 140 Å². The second kappa shape index (κ2) is 6.58. The van der Waals surface area contributed by atoms with Crippen LogP contribution < -0.4 is 5.43 Å². The van der Waals surface area contributed by atoms with Gasteiger partial charge in [-0.3, -0.25) is 4.79 Å². The molecule has 5 nitrogen and oxygen atoms in total. The van der Waals surface area contributed by atoms with E-state index in [0.29, 0.717) is 5.76 Å². The summed E-state index contributed by atoms with van der Waals surface area (Å²) < 4.78 is 7.45. The lowest BCUT2D eigenvalue weighted by Gasteiger charge is -2.03. The fourth-order valence-electron chi connectivity index (χ4n) is 2.75. The van der Waals surface area contributed by atoms with Gasteiger partial charge in [-0.2, -0.15) is 5.10 Å². The number of rotatable bonds is 5. The Balaban J connectivity index is 1.88.